The molecule has 0 bridgehead atoms. The molecule has 4 heteroatoms. The lowest BCUT2D eigenvalue weighted by atomic mass is 10.1. The number of aromatic nitrogens is 1. The van der Waals surface area contributed by atoms with Crippen molar-refractivity contribution in [1.29, 1.82) is 5.26 Å². The molecule has 1 aromatic rings. The maximum absolute atomic E-state index is 13.0. The molecule has 0 N–H and O–H groups in total. The Bertz CT molecular complexity index is 308. The fourth-order valence-electron chi connectivity index (χ4n) is 0.823. The number of nitrogens with zero attached hydrogens (tertiary/aromatic N) is 2. The third-order valence-corrected chi connectivity index (χ3v) is 2.07. The van der Waals surface area contributed by atoms with Gasteiger partial charge in [0.2, 0.25) is 0 Å². The molecule has 0 radical (unpaired) electrons. The Morgan fingerprint density at radius 2 is 2.50 bits per heavy atom. The SMILES string of the molecule is N#CC(CBr)c1ncccc1F. The first-order valence-electron chi connectivity index (χ1n) is 3.35. The molecule has 0 fully saturated rings. The lowest BCUT2D eigenvalue weighted by Gasteiger charge is -2.03. The second-order valence-corrected chi connectivity index (χ2v) is 2.85. The van der Waals surface area contributed by atoms with E-state index >= 15 is 0 Å². The molecule has 0 aromatic carbocycles. The minimum absolute atomic E-state index is 0.205. The highest BCUT2D eigenvalue weighted by Crippen LogP contribution is 2.17. The van der Waals surface area contributed by atoms with Gasteiger partial charge in [0.15, 0.2) is 0 Å². The van der Waals surface area contributed by atoms with Crippen LogP contribution in [0.3, 0.4) is 0 Å². The lowest BCUT2D eigenvalue weighted by molar-refractivity contribution is 0.595. The van der Waals surface area contributed by atoms with Crippen LogP contribution in [0.1, 0.15) is 11.6 Å². The summed E-state index contributed by atoms with van der Waals surface area (Å²) in [5, 5.41) is 9.02. The minimum Gasteiger partial charge on any atom is -0.257 e. The number of hydrogen-bond donors (Lipinski definition) is 0. The molecule has 0 saturated heterocycles. The summed E-state index contributed by atoms with van der Waals surface area (Å²) < 4.78 is 13.0. The van der Waals surface area contributed by atoms with E-state index in [4.69, 9.17) is 5.26 Å². The van der Waals surface area contributed by atoms with Crippen LogP contribution >= 0.6 is 15.9 Å². The van der Waals surface area contributed by atoms with Gasteiger partial charge in [-0.05, 0) is 12.1 Å². The van der Waals surface area contributed by atoms with E-state index in [1.807, 2.05) is 6.07 Å². The van der Waals surface area contributed by atoms with E-state index in [9.17, 15) is 4.39 Å². The van der Waals surface area contributed by atoms with Gasteiger partial charge in [0.25, 0.3) is 0 Å². The van der Waals surface area contributed by atoms with Gasteiger partial charge in [-0.2, -0.15) is 5.26 Å². The summed E-state index contributed by atoms with van der Waals surface area (Å²) in [5.41, 5.74) is 0.205. The highest BCUT2D eigenvalue weighted by Gasteiger charge is 2.14. The average Bonchev–Trinajstić information content (AvgIpc) is 2.10. The smallest absolute Gasteiger partial charge is 0.146 e. The first-order valence-corrected chi connectivity index (χ1v) is 4.47. The summed E-state index contributed by atoms with van der Waals surface area (Å²) in [5.74, 6) is -0.935. The molecule has 62 valence electrons. The number of halogens is 2. The molecule has 0 aliphatic carbocycles. The van der Waals surface area contributed by atoms with Crippen molar-refractivity contribution in [3.63, 3.8) is 0 Å². The molecule has 1 heterocycles. The van der Waals surface area contributed by atoms with E-state index in [0.29, 0.717) is 5.33 Å². The summed E-state index contributed by atoms with van der Waals surface area (Å²) in [6.07, 6.45) is 1.48. The molecule has 0 amide bonds. The quantitative estimate of drug-likeness (QED) is 0.729. The second-order valence-electron chi connectivity index (χ2n) is 2.21. The molecule has 1 aromatic heterocycles. The summed E-state index contributed by atoms with van der Waals surface area (Å²) in [6.45, 7) is 0. The molecule has 0 aliphatic heterocycles. The topological polar surface area (TPSA) is 36.7 Å². The normalized spacial score (nSPS) is 12.1. The summed E-state index contributed by atoms with van der Waals surface area (Å²) in [6, 6.07) is 4.76. The summed E-state index contributed by atoms with van der Waals surface area (Å²) in [4.78, 5) is 3.79. The fourth-order valence-corrected chi connectivity index (χ4v) is 1.27. The van der Waals surface area contributed by atoms with Gasteiger partial charge in [0.1, 0.15) is 11.7 Å². The van der Waals surface area contributed by atoms with Crippen LogP contribution in [0.5, 0.6) is 0 Å². The van der Waals surface area contributed by atoms with Crippen molar-refractivity contribution in [2.45, 2.75) is 5.92 Å². The third-order valence-electron chi connectivity index (χ3n) is 1.43. The molecule has 2 nitrogen and oxygen atoms in total. The first-order chi connectivity index (χ1) is 5.79. The number of alkyl halides is 1. The Hall–Kier alpha value is -0.950. The van der Waals surface area contributed by atoms with Gasteiger partial charge in [-0.3, -0.25) is 4.98 Å². The molecule has 1 atom stereocenters. The second kappa shape index (κ2) is 4.17. The third kappa shape index (κ3) is 1.80. The lowest BCUT2D eigenvalue weighted by Crippen LogP contribution is -2.02. The van der Waals surface area contributed by atoms with Gasteiger partial charge in [-0.1, -0.05) is 15.9 Å². The predicted octanol–water partition coefficient (Wildman–Crippen LogP) is 2.22. The molecular weight excluding hydrogens is 223 g/mol. The van der Waals surface area contributed by atoms with E-state index in [2.05, 4.69) is 20.9 Å². The summed E-state index contributed by atoms with van der Waals surface area (Å²) in [7, 11) is 0. The van der Waals surface area contributed by atoms with Crippen LogP contribution in [0.2, 0.25) is 0 Å². The van der Waals surface area contributed by atoms with Crippen LogP contribution in [0.15, 0.2) is 18.3 Å². The van der Waals surface area contributed by atoms with Crippen LogP contribution in [-0.2, 0) is 0 Å². The van der Waals surface area contributed by atoms with Crippen molar-refractivity contribution in [2.75, 3.05) is 5.33 Å². The highest BCUT2D eigenvalue weighted by molar-refractivity contribution is 9.09. The fraction of sp³-hybridized carbons (Fsp3) is 0.250. The van der Waals surface area contributed by atoms with Crippen molar-refractivity contribution in [1.82, 2.24) is 4.98 Å². The van der Waals surface area contributed by atoms with Crippen molar-refractivity contribution in [3.8, 4) is 6.07 Å². The standard InChI is InChI=1S/C8H6BrFN2/c9-4-6(5-11)8-7(10)2-1-3-12-8/h1-3,6H,4H2. The first kappa shape index (κ1) is 9.14. The minimum atomic E-state index is -0.508. The van der Waals surface area contributed by atoms with Gasteiger partial charge in [0, 0.05) is 11.5 Å². The van der Waals surface area contributed by atoms with Gasteiger partial charge >= 0.3 is 0 Å². The maximum Gasteiger partial charge on any atom is 0.146 e. The monoisotopic (exact) mass is 228 g/mol. The Morgan fingerprint density at radius 3 is 3.00 bits per heavy atom. The summed E-state index contributed by atoms with van der Waals surface area (Å²) >= 11 is 3.12. The van der Waals surface area contributed by atoms with E-state index in [1.54, 1.807) is 0 Å². The zero-order chi connectivity index (χ0) is 8.97. The van der Waals surface area contributed by atoms with Crippen LogP contribution in [0, 0.1) is 17.1 Å². The van der Waals surface area contributed by atoms with Crippen molar-refractivity contribution < 1.29 is 4.39 Å². The van der Waals surface area contributed by atoms with Crippen molar-refractivity contribution in [2.24, 2.45) is 0 Å². The molecule has 1 unspecified atom stereocenters. The van der Waals surface area contributed by atoms with Gasteiger partial charge in [-0.25, -0.2) is 4.39 Å². The highest BCUT2D eigenvalue weighted by atomic mass is 79.9. The van der Waals surface area contributed by atoms with E-state index < -0.39 is 11.7 Å². The van der Waals surface area contributed by atoms with Gasteiger partial charge < -0.3 is 0 Å². The Kier molecular flexibility index (Phi) is 3.18. The van der Waals surface area contributed by atoms with Crippen LogP contribution in [0.4, 0.5) is 4.39 Å². The molecule has 0 saturated carbocycles. The number of hydrogen-bond acceptors (Lipinski definition) is 2. The molecule has 0 spiro atoms. The average molecular weight is 229 g/mol. The van der Waals surface area contributed by atoms with Crippen LogP contribution < -0.4 is 0 Å². The molecule has 12 heavy (non-hydrogen) atoms. The zero-order valence-corrected chi connectivity index (χ0v) is 7.75. The Morgan fingerprint density at radius 1 is 1.75 bits per heavy atom. The maximum atomic E-state index is 13.0. The Labute approximate surface area is 78.2 Å². The predicted molar refractivity (Wildman–Crippen MR) is 46.3 cm³/mol. The van der Waals surface area contributed by atoms with Gasteiger partial charge in [0.05, 0.1) is 11.8 Å². The van der Waals surface area contributed by atoms with E-state index in [1.165, 1.54) is 18.3 Å². The van der Waals surface area contributed by atoms with Crippen molar-refractivity contribution >= 4 is 15.9 Å². The molecular formula is C8H6BrFN2. The van der Waals surface area contributed by atoms with Crippen LogP contribution in [0.25, 0.3) is 0 Å². The van der Waals surface area contributed by atoms with Crippen LogP contribution in [-0.4, -0.2) is 10.3 Å². The largest absolute Gasteiger partial charge is 0.257 e. The van der Waals surface area contributed by atoms with E-state index in [-0.39, 0.29) is 5.69 Å². The Balaban J connectivity index is 3.02. The number of pyridine rings is 1. The number of nitriles is 1. The van der Waals surface area contributed by atoms with Gasteiger partial charge in [-0.15, -0.1) is 0 Å². The molecule has 1 rings (SSSR count). The number of rotatable bonds is 2. The molecule has 0 aliphatic rings. The van der Waals surface area contributed by atoms with E-state index in [0.717, 1.165) is 0 Å². The van der Waals surface area contributed by atoms with Crippen molar-refractivity contribution in [3.05, 3.63) is 29.8 Å². The zero-order valence-electron chi connectivity index (χ0n) is 6.17.